The first kappa shape index (κ1) is 18.7. The first-order valence-corrected chi connectivity index (χ1v) is 9.85. The summed E-state index contributed by atoms with van der Waals surface area (Å²) < 4.78 is 15.0. The molecule has 1 atom stereocenters. The first-order valence-electron chi connectivity index (χ1n) is 9.85. The van der Waals surface area contributed by atoms with Gasteiger partial charge in [-0.2, -0.15) is 5.10 Å². The average Bonchev–Trinajstić information content (AvgIpc) is 3.32. The number of hydrogen-bond acceptors (Lipinski definition) is 2. The molecule has 0 bridgehead atoms. The monoisotopic (exact) mass is 380 g/mol. The van der Waals surface area contributed by atoms with Crippen molar-refractivity contribution >= 4 is 16.9 Å². The van der Waals surface area contributed by atoms with Crippen molar-refractivity contribution in [2.24, 2.45) is 11.3 Å². The highest BCUT2D eigenvalue weighted by Crippen LogP contribution is 2.48. The molecule has 0 amide bonds. The SMILES string of the molecule is CC(C)(C(=O)O)C(c1ccc2c(cnn2-c2ccc(F)cc2)c1)C1CCCC1. The molecule has 3 aromatic rings. The zero-order chi connectivity index (χ0) is 19.9. The average molecular weight is 380 g/mol. The minimum atomic E-state index is -0.838. The second kappa shape index (κ2) is 7.04. The van der Waals surface area contributed by atoms with E-state index in [0.29, 0.717) is 5.92 Å². The summed E-state index contributed by atoms with van der Waals surface area (Å²) in [5, 5.41) is 15.3. The fraction of sp³-hybridized carbons (Fsp3) is 0.391. The largest absolute Gasteiger partial charge is 0.481 e. The van der Waals surface area contributed by atoms with Crippen LogP contribution in [0.4, 0.5) is 4.39 Å². The molecule has 1 aliphatic rings. The van der Waals surface area contributed by atoms with Crippen LogP contribution in [0.15, 0.2) is 48.7 Å². The summed E-state index contributed by atoms with van der Waals surface area (Å²) in [5.41, 5.74) is 1.94. The Hall–Kier alpha value is -2.69. The highest BCUT2D eigenvalue weighted by molar-refractivity contribution is 5.82. The Balaban J connectivity index is 1.77. The van der Waals surface area contributed by atoms with Gasteiger partial charge in [0.25, 0.3) is 0 Å². The van der Waals surface area contributed by atoms with Crippen LogP contribution in [0, 0.1) is 17.2 Å². The van der Waals surface area contributed by atoms with E-state index >= 15 is 0 Å². The van der Waals surface area contributed by atoms with Crippen molar-refractivity contribution < 1.29 is 14.3 Å². The number of aliphatic carboxylic acids is 1. The lowest BCUT2D eigenvalue weighted by molar-refractivity contribution is -0.149. The maximum Gasteiger partial charge on any atom is 0.309 e. The highest BCUT2D eigenvalue weighted by atomic mass is 19.1. The summed E-state index contributed by atoms with van der Waals surface area (Å²) in [5.74, 6) is -0.689. The summed E-state index contributed by atoms with van der Waals surface area (Å²) in [6, 6.07) is 12.4. The van der Waals surface area contributed by atoms with E-state index in [1.807, 2.05) is 26.0 Å². The van der Waals surface area contributed by atoms with Crippen LogP contribution in [0.5, 0.6) is 0 Å². The molecular formula is C23H25FN2O2. The Kier molecular flexibility index (Phi) is 4.69. The molecule has 146 valence electrons. The third-order valence-electron chi connectivity index (χ3n) is 6.22. The third kappa shape index (κ3) is 3.19. The van der Waals surface area contributed by atoms with E-state index in [9.17, 15) is 14.3 Å². The van der Waals surface area contributed by atoms with Gasteiger partial charge in [0.05, 0.1) is 22.8 Å². The number of carboxylic acid groups (broad SMARTS) is 1. The Morgan fingerprint density at radius 3 is 2.50 bits per heavy atom. The van der Waals surface area contributed by atoms with Crippen molar-refractivity contribution in [3.63, 3.8) is 0 Å². The Bertz CT molecular complexity index is 1000. The highest BCUT2D eigenvalue weighted by Gasteiger charge is 2.43. The van der Waals surface area contributed by atoms with E-state index in [2.05, 4.69) is 11.2 Å². The molecule has 1 fully saturated rings. The number of rotatable bonds is 5. The van der Waals surface area contributed by atoms with Crippen molar-refractivity contribution in [3.8, 4) is 5.69 Å². The third-order valence-corrected chi connectivity index (χ3v) is 6.22. The normalized spacial score (nSPS) is 16.5. The van der Waals surface area contributed by atoms with Gasteiger partial charge >= 0.3 is 5.97 Å². The molecule has 28 heavy (non-hydrogen) atoms. The van der Waals surface area contributed by atoms with Gasteiger partial charge in [0.2, 0.25) is 0 Å². The van der Waals surface area contributed by atoms with Crippen LogP contribution in [0.3, 0.4) is 0 Å². The molecule has 4 rings (SSSR count). The Morgan fingerprint density at radius 1 is 1.18 bits per heavy atom. The smallest absolute Gasteiger partial charge is 0.309 e. The van der Waals surface area contributed by atoms with Crippen molar-refractivity contribution in [3.05, 3.63) is 60.0 Å². The zero-order valence-corrected chi connectivity index (χ0v) is 16.2. The number of carbonyl (C=O) groups is 1. The summed E-state index contributed by atoms with van der Waals surface area (Å²) >= 11 is 0. The molecule has 4 nitrogen and oxygen atoms in total. The number of aromatic nitrogens is 2. The van der Waals surface area contributed by atoms with Gasteiger partial charge in [0.1, 0.15) is 5.82 Å². The van der Waals surface area contributed by atoms with Gasteiger partial charge in [0, 0.05) is 11.3 Å². The number of carboxylic acids is 1. The quantitative estimate of drug-likeness (QED) is 0.631. The molecular weight excluding hydrogens is 355 g/mol. The van der Waals surface area contributed by atoms with E-state index in [1.165, 1.54) is 25.0 Å². The molecule has 0 aliphatic heterocycles. The van der Waals surface area contributed by atoms with Gasteiger partial charge in [0.15, 0.2) is 0 Å². The number of hydrogen-bond donors (Lipinski definition) is 1. The van der Waals surface area contributed by atoms with E-state index in [4.69, 9.17) is 0 Å². The number of halogens is 1. The van der Waals surface area contributed by atoms with Crippen LogP contribution in [0.1, 0.15) is 51.0 Å². The molecule has 1 aliphatic carbocycles. The minimum Gasteiger partial charge on any atom is -0.481 e. The zero-order valence-electron chi connectivity index (χ0n) is 16.2. The van der Waals surface area contributed by atoms with Crippen molar-refractivity contribution in [2.75, 3.05) is 0 Å². The summed E-state index contributed by atoms with van der Waals surface area (Å²) in [7, 11) is 0. The van der Waals surface area contributed by atoms with Gasteiger partial charge in [-0.1, -0.05) is 18.9 Å². The summed E-state index contributed by atoms with van der Waals surface area (Å²) in [6.45, 7) is 3.68. The summed E-state index contributed by atoms with van der Waals surface area (Å²) in [6.07, 6.45) is 6.29. The Labute approximate surface area is 164 Å². The van der Waals surface area contributed by atoms with Crippen LogP contribution in [0.2, 0.25) is 0 Å². The molecule has 1 heterocycles. The predicted molar refractivity (Wildman–Crippen MR) is 107 cm³/mol. The Morgan fingerprint density at radius 2 is 1.86 bits per heavy atom. The van der Waals surface area contributed by atoms with E-state index < -0.39 is 11.4 Å². The van der Waals surface area contributed by atoms with Gasteiger partial charge in [-0.05, 0) is 74.6 Å². The van der Waals surface area contributed by atoms with Crippen molar-refractivity contribution in [2.45, 2.75) is 45.4 Å². The van der Waals surface area contributed by atoms with Crippen LogP contribution >= 0.6 is 0 Å². The maximum absolute atomic E-state index is 13.2. The molecule has 1 aromatic heterocycles. The van der Waals surface area contributed by atoms with E-state index in [0.717, 1.165) is 35.0 Å². The van der Waals surface area contributed by atoms with E-state index in [1.54, 1.807) is 23.0 Å². The first-order chi connectivity index (χ1) is 13.4. The molecule has 1 N–H and O–H groups in total. The minimum absolute atomic E-state index is 0.0360. The number of nitrogens with zero attached hydrogens (tertiary/aromatic N) is 2. The second-order valence-electron chi connectivity index (χ2n) is 8.40. The lowest BCUT2D eigenvalue weighted by Crippen LogP contribution is -2.35. The molecule has 2 aromatic carbocycles. The molecule has 5 heteroatoms. The van der Waals surface area contributed by atoms with Crippen molar-refractivity contribution in [1.29, 1.82) is 0 Å². The fourth-order valence-electron chi connectivity index (χ4n) is 4.73. The molecule has 0 spiro atoms. The van der Waals surface area contributed by atoms with Crippen LogP contribution in [0.25, 0.3) is 16.6 Å². The standard InChI is InChI=1S/C23H25FN2O2/c1-23(2,22(27)28)21(15-5-3-4-6-15)16-7-12-20-17(13-16)14-25-26(20)19-10-8-18(24)9-11-19/h7-15,21H,3-6H2,1-2H3,(H,27,28). The molecule has 1 saturated carbocycles. The van der Waals surface area contributed by atoms with Crippen LogP contribution < -0.4 is 0 Å². The second-order valence-corrected chi connectivity index (χ2v) is 8.40. The summed E-state index contributed by atoms with van der Waals surface area (Å²) in [4.78, 5) is 12.0. The van der Waals surface area contributed by atoms with E-state index in [-0.39, 0.29) is 11.7 Å². The lowest BCUT2D eigenvalue weighted by atomic mass is 9.67. The van der Waals surface area contributed by atoms with Crippen LogP contribution in [-0.2, 0) is 4.79 Å². The van der Waals surface area contributed by atoms with Gasteiger partial charge < -0.3 is 5.11 Å². The number of fused-ring (bicyclic) bond motifs is 1. The molecule has 0 radical (unpaired) electrons. The molecule has 0 saturated heterocycles. The predicted octanol–water partition coefficient (Wildman–Crippen LogP) is 5.55. The van der Waals surface area contributed by atoms with Gasteiger partial charge in [-0.3, -0.25) is 4.79 Å². The lowest BCUT2D eigenvalue weighted by Gasteiger charge is -2.35. The maximum atomic E-state index is 13.2. The van der Waals surface area contributed by atoms with Gasteiger partial charge in [-0.15, -0.1) is 0 Å². The fourth-order valence-corrected chi connectivity index (χ4v) is 4.73. The molecule has 1 unspecified atom stereocenters. The topological polar surface area (TPSA) is 55.1 Å². The van der Waals surface area contributed by atoms with Gasteiger partial charge in [-0.25, -0.2) is 9.07 Å². The number of benzene rings is 2. The van der Waals surface area contributed by atoms with Crippen LogP contribution in [-0.4, -0.2) is 20.9 Å². The van der Waals surface area contributed by atoms with Crippen molar-refractivity contribution in [1.82, 2.24) is 9.78 Å².